The molecule has 0 fully saturated rings. The van der Waals surface area contributed by atoms with Crippen LogP contribution in [0.1, 0.15) is 22.8 Å². The number of aliphatic hydroxyl groups is 1. The molecule has 2 aromatic carbocycles. The van der Waals surface area contributed by atoms with E-state index in [0.717, 1.165) is 5.56 Å². The molecule has 8 nitrogen and oxygen atoms in total. The number of hydrogen-bond donors (Lipinski definition) is 1. The number of carbonyl (C=O) groups excluding carboxylic acids is 1. The highest BCUT2D eigenvalue weighted by atomic mass is 16.5. The molecule has 0 aliphatic carbocycles. The van der Waals surface area contributed by atoms with E-state index in [4.69, 9.17) is 33.5 Å². The van der Waals surface area contributed by atoms with E-state index < -0.39 is 6.10 Å². The standard InChI is InChI=1S/C23H28O8/c1-14(21(25)16-12-19(28-4)22(30-6)20(13-16)29-5)31-23-17(26-2)10-15(8-7-9-24)11-18(23)27-3/h7-8,10-14,24H,9H2,1-6H3/t14-/m1/s1. The Kier molecular flexibility index (Phi) is 8.57. The third kappa shape index (κ3) is 5.40. The zero-order valence-corrected chi connectivity index (χ0v) is 18.6. The smallest absolute Gasteiger partial charge is 0.204 e. The van der Waals surface area contributed by atoms with Gasteiger partial charge < -0.3 is 33.5 Å². The number of aliphatic hydroxyl groups excluding tert-OH is 1. The minimum Gasteiger partial charge on any atom is -0.493 e. The molecule has 0 aliphatic heterocycles. The molecule has 0 amide bonds. The molecule has 0 aliphatic rings. The van der Waals surface area contributed by atoms with E-state index in [-0.39, 0.29) is 12.4 Å². The maximum atomic E-state index is 13.1. The summed E-state index contributed by atoms with van der Waals surface area (Å²) in [4.78, 5) is 13.1. The summed E-state index contributed by atoms with van der Waals surface area (Å²) >= 11 is 0. The monoisotopic (exact) mass is 432 g/mol. The van der Waals surface area contributed by atoms with Gasteiger partial charge in [0.15, 0.2) is 29.1 Å². The Morgan fingerprint density at radius 3 is 1.74 bits per heavy atom. The fraction of sp³-hybridized carbons (Fsp3) is 0.348. The van der Waals surface area contributed by atoms with Crippen molar-refractivity contribution in [3.63, 3.8) is 0 Å². The van der Waals surface area contributed by atoms with Crippen molar-refractivity contribution in [1.29, 1.82) is 0 Å². The van der Waals surface area contributed by atoms with Crippen LogP contribution in [0.4, 0.5) is 0 Å². The largest absolute Gasteiger partial charge is 0.493 e. The summed E-state index contributed by atoms with van der Waals surface area (Å²) in [6.07, 6.45) is 2.44. The summed E-state index contributed by atoms with van der Waals surface area (Å²) in [5.41, 5.74) is 1.08. The molecule has 1 N–H and O–H groups in total. The Labute approximate surface area is 181 Å². The highest BCUT2D eigenvalue weighted by molar-refractivity contribution is 6.00. The van der Waals surface area contributed by atoms with Gasteiger partial charge in [0.05, 0.1) is 42.2 Å². The van der Waals surface area contributed by atoms with Gasteiger partial charge >= 0.3 is 0 Å². The van der Waals surface area contributed by atoms with Crippen LogP contribution in [0.2, 0.25) is 0 Å². The fourth-order valence-electron chi connectivity index (χ4n) is 2.99. The van der Waals surface area contributed by atoms with Gasteiger partial charge in [0.25, 0.3) is 0 Å². The molecule has 0 unspecified atom stereocenters. The molecule has 2 aromatic rings. The van der Waals surface area contributed by atoms with Crippen molar-refractivity contribution in [2.45, 2.75) is 13.0 Å². The van der Waals surface area contributed by atoms with E-state index in [1.54, 1.807) is 43.3 Å². The van der Waals surface area contributed by atoms with Gasteiger partial charge in [0, 0.05) is 5.56 Å². The number of ether oxygens (including phenoxy) is 6. The highest BCUT2D eigenvalue weighted by Gasteiger charge is 2.25. The molecule has 0 bridgehead atoms. The van der Waals surface area contributed by atoms with E-state index in [1.807, 2.05) is 0 Å². The minimum atomic E-state index is -0.871. The zero-order valence-electron chi connectivity index (χ0n) is 18.6. The molecule has 0 aromatic heterocycles. The van der Waals surface area contributed by atoms with Crippen molar-refractivity contribution in [2.75, 3.05) is 42.2 Å². The lowest BCUT2D eigenvalue weighted by Crippen LogP contribution is -2.24. The predicted octanol–water partition coefficient (Wildman–Crippen LogP) is 3.39. The first-order chi connectivity index (χ1) is 14.9. The lowest BCUT2D eigenvalue weighted by Gasteiger charge is -2.20. The molecular weight excluding hydrogens is 404 g/mol. The fourth-order valence-corrected chi connectivity index (χ4v) is 2.99. The van der Waals surface area contributed by atoms with Crippen LogP contribution >= 0.6 is 0 Å². The van der Waals surface area contributed by atoms with Crippen LogP contribution in [0.25, 0.3) is 6.08 Å². The molecule has 0 heterocycles. The molecule has 0 saturated heterocycles. The zero-order chi connectivity index (χ0) is 23.0. The first kappa shape index (κ1) is 23.9. The van der Waals surface area contributed by atoms with Crippen LogP contribution in [0.5, 0.6) is 34.5 Å². The molecule has 0 spiro atoms. The van der Waals surface area contributed by atoms with Crippen molar-refractivity contribution in [1.82, 2.24) is 0 Å². The first-order valence-corrected chi connectivity index (χ1v) is 9.48. The average molecular weight is 432 g/mol. The number of methoxy groups -OCH3 is 5. The van der Waals surface area contributed by atoms with Gasteiger partial charge in [-0.1, -0.05) is 12.2 Å². The van der Waals surface area contributed by atoms with Crippen molar-refractivity contribution in [2.24, 2.45) is 0 Å². The Hall–Kier alpha value is -3.39. The summed E-state index contributed by atoms with van der Waals surface area (Å²) in [7, 11) is 7.44. The van der Waals surface area contributed by atoms with Gasteiger partial charge in [-0.15, -0.1) is 0 Å². The molecule has 31 heavy (non-hydrogen) atoms. The quantitative estimate of drug-likeness (QED) is 0.540. The van der Waals surface area contributed by atoms with Crippen LogP contribution in [-0.4, -0.2) is 59.1 Å². The summed E-state index contributed by atoms with van der Waals surface area (Å²) in [6.45, 7) is 1.53. The maximum absolute atomic E-state index is 13.1. The summed E-state index contributed by atoms with van der Waals surface area (Å²) in [5.74, 6) is 1.90. The third-order valence-corrected chi connectivity index (χ3v) is 4.51. The number of hydrogen-bond acceptors (Lipinski definition) is 8. The lowest BCUT2D eigenvalue weighted by molar-refractivity contribution is 0.0808. The first-order valence-electron chi connectivity index (χ1n) is 9.48. The topological polar surface area (TPSA) is 92.7 Å². The molecular formula is C23H28O8. The molecule has 8 heteroatoms. The molecule has 2 rings (SSSR count). The molecule has 1 atom stereocenters. The van der Waals surface area contributed by atoms with Gasteiger partial charge in [-0.25, -0.2) is 0 Å². The van der Waals surface area contributed by atoms with Crippen LogP contribution in [0.3, 0.4) is 0 Å². The second-order valence-corrected chi connectivity index (χ2v) is 6.38. The summed E-state index contributed by atoms with van der Waals surface area (Å²) < 4.78 is 32.8. The van der Waals surface area contributed by atoms with E-state index in [0.29, 0.717) is 40.1 Å². The second-order valence-electron chi connectivity index (χ2n) is 6.38. The number of carbonyl (C=O) groups is 1. The lowest BCUT2D eigenvalue weighted by atomic mass is 10.1. The maximum Gasteiger partial charge on any atom is 0.204 e. The normalized spacial score (nSPS) is 11.7. The van der Waals surface area contributed by atoms with E-state index >= 15 is 0 Å². The predicted molar refractivity (Wildman–Crippen MR) is 116 cm³/mol. The van der Waals surface area contributed by atoms with Crippen LogP contribution in [0.15, 0.2) is 30.3 Å². The van der Waals surface area contributed by atoms with Crippen molar-refractivity contribution >= 4 is 11.9 Å². The molecule has 168 valence electrons. The number of ketones is 1. The van der Waals surface area contributed by atoms with Crippen LogP contribution < -0.4 is 28.4 Å². The summed E-state index contributed by atoms with van der Waals surface area (Å²) in [5, 5.41) is 8.99. The van der Waals surface area contributed by atoms with Crippen molar-refractivity contribution in [3.8, 4) is 34.5 Å². The number of rotatable bonds is 11. The van der Waals surface area contributed by atoms with E-state index in [1.165, 1.54) is 35.5 Å². The molecule has 0 radical (unpaired) electrons. The third-order valence-electron chi connectivity index (χ3n) is 4.51. The van der Waals surface area contributed by atoms with Crippen molar-refractivity contribution in [3.05, 3.63) is 41.5 Å². The van der Waals surface area contributed by atoms with Crippen LogP contribution in [-0.2, 0) is 0 Å². The Morgan fingerprint density at radius 2 is 1.32 bits per heavy atom. The average Bonchev–Trinajstić information content (AvgIpc) is 2.81. The number of benzene rings is 2. The van der Waals surface area contributed by atoms with Gasteiger partial charge in [0.2, 0.25) is 17.3 Å². The second kappa shape index (κ2) is 11.1. The molecule has 0 saturated carbocycles. The Morgan fingerprint density at radius 1 is 0.839 bits per heavy atom. The Bertz CT molecular complexity index is 885. The highest BCUT2D eigenvalue weighted by Crippen LogP contribution is 2.41. The Balaban J connectivity index is 2.40. The summed E-state index contributed by atoms with van der Waals surface area (Å²) in [6, 6.07) is 6.59. The van der Waals surface area contributed by atoms with Crippen LogP contribution in [0, 0.1) is 0 Å². The minimum absolute atomic E-state index is 0.0940. The SMILES string of the molecule is COc1cc(C(=O)[C@@H](C)Oc2c(OC)cc(C=CCO)cc2OC)cc(OC)c1OC. The van der Waals surface area contributed by atoms with Gasteiger partial charge in [-0.3, -0.25) is 4.79 Å². The van der Waals surface area contributed by atoms with Gasteiger partial charge in [0.1, 0.15) is 0 Å². The number of Topliss-reactive ketones (excluding diaryl/α,β-unsaturated/α-hetero) is 1. The van der Waals surface area contributed by atoms with Crippen molar-refractivity contribution < 1.29 is 38.3 Å². The van der Waals surface area contributed by atoms with E-state index in [9.17, 15) is 4.79 Å². The van der Waals surface area contributed by atoms with Gasteiger partial charge in [-0.05, 0) is 36.8 Å². The van der Waals surface area contributed by atoms with E-state index in [2.05, 4.69) is 0 Å². The van der Waals surface area contributed by atoms with Gasteiger partial charge in [-0.2, -0.15) is 0 Å².